The Hall–Kier alpha value is -0.790. The molecule has 0 aromatic carbocycles. The Bertz CT molecular complexity index is 289. The van der Waals surface area contributed by atoms with Crippen LogP contribution in [0.5, 0.6) is 0 Å². The van der Waals surface area contributed by atoms with Crippen molar-refractivity contribution in [1.29, 1.82) is 0 Å². The van der Waals surface area contributed by atoms with Gasteiger partial charge in [-0.2, -0.15) is 0 Å². The lowest BCUT2D eigenvalue weighted by atomic mass is 9.72. The molecule has 0 aliphatic heterocycles. The highest BCUT2D eigenvalue weighted by Crippen LogP contribution is 2.58. The zero-order valence-electron chi connectivity index (χ0n) is 8.92. The molecule has 2 rings (SSSR count). The van der Waals surface area contributed by atoms with Crippen LogP contribution in [0.25, 0.3) is 0 Å². The molecule has 2 bridgehead atoms. The van der Waals surface area contributed by atoms with Crippen molar-refractivity contribution < 1.29 is 9.90 Å². The summed E-state index contributed by atoms with van der Waals surface area (Å²) in [7, 11) is 0. The molecule has 2 saturated carbocycles. The van der Waals surface area contributed by atoms with Crippen LogP contribution in [-0.2, 0) is 4.79 Å². The largest absolute Gasteiger partial charge is 0.481 e. The van der Waals surface area contributed by atoms with Crippen LogP contribution in [0.15, 0.2) is 11.6 Å². The summed E-state index contributed by atoms with van der Waals surface area (Å²) in [6, 6.07) is 0. The molecule has 2 aliphatic rings. The van der Waals surface area contributed by atoms with Crippen LogP contribution in [0, 0.1) is 17.3 Å². The predicted octanol–water partition coefficient (Wildman–Crippen LogP) is 2.84. The van der Waals surface area contributed by atoms with Crippen molar-refractivity contribution in [3.8, 4) is 0 Å². The summed E-state index contributed by atoms with van der Waals surface area (Å²) < 4.78 is 0. The Morgan fingerprint density at radius 1 is 1.57 bits per heavy atom. The molecule has 2 aliphatic carbocycles. The van der Waals surface area contributed by atoms with Gasteiger partial charge in [0.1, 0.15) is 0 Å². The second kappa shape index (κ2) is 3.11. The third-order valence-corrected chi connectivity index (χ3v) is 4.13. The zero-order chi connectivity index (χ0) is 10.3. The molecule has 2 fully saturated rings. The monoisotopic (exact) mass is 194 g/mol. The molecule has 0 spiro atoms. The molecule has 0 unspecified atom stereocenters. The van der Waals surface area contributed by atoms with Gasteiger partial charge in [0.25, 0.3) is 0 Å². The Kier molecular flexibility index (Phi) is 2.17. The van der Waals surface area contributed by atoms with Crippen molar-refractivity contribution in [3.05, 3.63) is 11.6 Å². The van der Waals surface area contributed by atoms with Crippen LogP contribution in [0.4, 0.5) is 0 Å². The van der Waals surface area contributed by atoms with E-state index in [9.17, 15) is 4.79 Å². The SMILES string of the molecule is CC1(C)/C(=C\CC(=O)O)[C@@H]2CC[C@H]1C2. The molecule has 2 atom stereocenters. The highest BCUT2D eigenvalue weighted by Gasteiger charge is 2.48. The smallest absolute Gasteiger partial charge is 0.307 e. The Morgan fingerprint density at radius 2 is 2.29 bits per heavy atom. The van der Waals surface area contributed by atoms with Crippen molar-refractivity contribution in [3.63, 3.8) is 0 Å². The fraction of sp³-hybridized carbons (Fsp3) is 0.750. The molecule has 1 N–H and O–H groups in total. The number of rotatable bonds is 2. The molecule has 78 valence electrons. The first-order valence-electron chi connectivity index (χ1n) is 5.44. The summed E-state index contributed by atoms with van der Waals surface area (Å²) in [4.78, 5) is 10.5. The van der Waals surface area contributed by atoms with Gasteiger partial charge in [-0.25, -0.2) is 0 Å². The normalized spacial score (nSPS) is 36.6. The number of allylic oxidation sites excluding steroid dienone is 1. The quantitative estimate of drug-likeness (QED) is 0.686. The minimum atomic E-state index is -0.712. The van der Waals surface area contributed by atoms with Crippen molar-refractivity contribution in [2.24, 2.45) is 17.3 Å². The van der Waals surface area contributed by atoms with Crippen LogP contribution in [0.2, 0.25) is 0 Å². The van der Waals surface area contributed by atoms with E-state index in [0.29, 0.717) is 5.92 Å². The number of carboxylic acid groups (broad SMARTS) is 1. The van der Waals surface area contributed by atoms with E-state index in [1.165, 1.54) is 24.8 Å². The van der Waals surface area contributed by atoms with Crippen LogP contribution < -0.4 is 0 Å². The fourth-order valence-electron chi connectivity index (χ4n) is 3.31. The van der Waals surface area contributed by atoms with E-state index in [2.05, 4.69) is 13.8 Å². The van der Waals surface area contributed by atoms with E-state index in [0.717, 1.165) is 5.92 Å². The third-order valence-electron chi connectivity index (χ3n) is 4.13. The zero-order valence-corrected chi connectivity index (χ0v) is 8.92. The molecule has 0 saturated heterocycles. The van der Waals surface area contributed by atoms with E-state index in [-0.39, 0.29) is 11.8 Å². The summed E-state index contributed by atoms with van der Waals surface area (Å²) in [5.41, 5.74) is 1.68. The minimum absolute atomic E-state index is 0.196. The van der Waals surface area contributed by atoms with Crippen molar-refractivity contribution in [2.75, 3.05) is 0 Å². The van der Waals surface area contributed by atoms with E-state index in [1.807, 2.05) is 6.08 Å². The second-order valence-corrected chi connectivity index (χ2v) is 5.19. The van der Waals surface area contributed by atoms with Gasteiger partial charge in [0, 0.05) is 0 Å². The predicted molar refractivity (Wildman–Crippen MR) is 54.9 cm³/mol. The maximum absolute atomic E-state index is 10.5. The molecule has 2 heteroatoms. The van der Waals surface area contributed by atoms with Gasteiger partial charge in [0.2, 0.25) is 0 Å². The maximum atomic E-state index is 10.5. The lowest BCUT2D eigenvalue weighted by Gasteiger charge is -2.32. The average molecular weight is 194 g/mol. The van der Waals surface area contributed by atoms with Gasteiger partial charge >= 0.3 is 5.97 Å². The summed E-state index contributed by atoms with van der Waals surface area (Å²) in [6.07, 6.45) is 6.06. The number of hydrogen-bond acceptors (Lipinski definition) is 1. The van der Waals surface area contributed by atoms with Gasteiger partial charge in [0.15, 0.2) is 0 Å². The Morgan fingerprint density at radius 3 is 2.79 bits per heavy atom. The molecule has 0 radical (unpaired) electrons. The number of aliphatic carboxylic acids is 1. The standard InChI is InChI=1S/C12H18O2/c1-12(2)9-4-3-8(7-9)10(12)5-6-11(13)14/h5,8-9H,3-4,6-7H2,1-2H3,(H,13,14)/b10-5-/t8-,9+/m1/s1. The highest BCUT2D eigenvalue weighted by atomic mass is 16.4. The lowest BCUT2D eigenvalue weighted by Crippen LogP contribution is -2.22. The van der Waals surface area contributed by atoms with Gasteiger partial charge < -0.3 is 5.11 Å². The molecule has 0 aromatic rings. The van der Waals surface area contributed by atoms with Gasteiger partial charge in [-0.15, -0.1) is 0 Å². The van der Waals surface area contributed by atoms with Gasteiger partial charge in [0.05, 0.1) is 6.42 Å². The second-order valence-electron chi connectivity index (χ2n) is 5.19. The average Bonchev–Trinajstić information content (AvgIpc) is 2.59. The molecule has 0 aromatic heterocycles. The Labute approximate surface area is 85.0 Å². The van der Waals surface area contributed by atoms with Crippen molar-refractivity contribution >= 4 is 5.97 Å². The third kappa shape index (κ3) is 1.37. The lowest BCUT2D eigenvalue weighted by molar-refractivity contribution is -0.136. The molecule has 0 amide bonds. The molecular weight excluding hydrogens is 176 g/mol. The van der Waals surface area contributed by atoms with Crippen LogP contribution in [-0.4, -0.2) is 11.1 Å². The number of fused-ring (bicyclic) bond motifs is 2. The maximum Gasteiger partial charge on any atom is 0.307 e. The van der Waals surface area contributed by atoms with Crippen LogP contribution >= 0.6 is 0 Å². The fourth-order valence-corrected chi connectivity index (χ4v) is 3.31. The first-order valence-corrected chi connectivity index (χ1v) is 5.44. The summed E-state index contributed by atoms with van der Waals surface area (Å²) in [5.74, 6) is 0.776. The first kappa shape index (κ1) is 9.75. The number of carbonyl (C=O) groups is 1. The highest BCUT2D eigenvalue weighted by molar-refractivity contribution is 5.68. The van der Waals surface area contributed by atoms with Crippen molar-refractivity contribution in [1.82, 2.24) is 0 Å². The molecule has 2 nitrogen and oxygen atoms in total. The Balaban J connectivity index is 2.19. The van der Waals surface area contributed by atoms with E-state index in [1.54, 1.807) is 0 Å². The summed E-state index contributed by atoms with van der Waals surface area (Å²) in [5, 5.41) is 8.67. The number of hydrogen-bond donors (Lipinski definition) is 1. The molecular formula is C12H18O2. The topological polar surface area (TPSA) is 37.3 Å². The minimum Gasteiger partial charge on any atom is -0.481 e. The number of carboxylic acids is 1. The van der Waals surface area contributed by atoms with E-state index in [4.69, 9.17) is 5.11 Å². The van der Waals surface area contributed by atoms with E-state index >= 15 is 0 Å². The molecule has 0 heterocycles. The van der Waals surface area contributed by atoms with Crippen molar-refractivity contribution in [2.45, 2.75) is 39.5 Å². The van der Waals surface area contributed by atoms with Crippen LogP contribution in [0.1, 0.15) is 39.5 Å². The van der Waals surface area contributed by atoms with Gasteiger partial charge in [-0.3, -0.25) is 4.79 Å². The summed E-state index contributed by atoms with van der Waals surface area (Å²) in [6.45, 7) is 4.54. The summed E-state index contributed by atoms with van der Waals surface area (Å²) >= 11 is 0. The first-order chi connectivity index (χ1) is 6.51. The van der Waals surface area contributed by atoms with Gasteiger partial charge in [-0.1, -0.05) is 25.5 Å². The van der Waals surface area contributed by atoms with Crippen LogP contribution in [0.3, 0.4) is 0 Å². The van der Waals surface area contributed by atoms with Gasteiger partial charge in [-0.05, 0) is 36.5 Å². The van der Waals surface area contributed by atoms with E-state index < -0.39 is 5.97 Å². The molecule has 14 heavy (non-hydrogen) atoms.